The molecule has 3 aromatic rings. The number of anilines is 1. The Balaban J connectivity index is 2.05. The summed E-state index contributed by atoms with van der Waals surface area (Å²) in [7, 11) is 4.26. The summed E-state index contributed by atoms with van der Waals surface area (Å²) in [5, 5.41) is 14.9. The first kappa shape index (κ1) is 20.4. The largest absolute Gasteiger partial charge is 0.340 e. The van der Waals surface area contributed by atoms with E-state index in [0.29, 0.717) is 17.4 Å². The van der Waals surface area contributed by atoms with Crippen LogP contribution in [-0.2, 0) is 6.42 Å². The molecule has 6 heteroatoms. The van der Waals surface area contributed by atoms with Crippen LogP contribution in [0.4, 0.5) is 5.82 Å². The summed E-state index contributed by atoms with van der Waals surface area (Å²) >= 11 is 0. The van der Waals surface area contributed by atoms with Crippen LogP contribution in [0.25, 0.3) is 16.8 Å². The van der Waals surface area contributed by atoms with Crippen LogP contribution in [0.15, 0.2) is 30.3 Å². The van der Waals surface area contributed by atoms with Gasteiger partial charge in [-0.25, -0.2) is 4.98 Å². The summed E-state index contributed by atoms with van der Waals surface area (Å²) in [6.45, 7) is 5.18. The van der Waals surface area contributed by atoms with Crippen molar-refractivity contribution < 1.29 is 0 Å². The maximum absolute atomic E-state index is 10.0. The van der Waals surface area contributed by atoms with Crippen molar-refractivity contribution in [2.24, 2.45) is 0 Å². The Morgan fingerprint density at radius 2 is 2.00 bits per heavy atom. The molecule has 30 heavy (non-hydrogen) atoms. The van der Waals surface area contributed by atoms with E-state index in [-0.39, 0.29) is 0 Å². The van der Waals surface area contributed by atoms with E-state index in [1.807, 2.05) is 17.5 Å². The molecule has 0 amide bonds. The van der Waals surface area contributed by atoms with Gasteiger partial charge in [-0.1, -0.05) is 43.7 Å². The van der Waals surface area contributed by atoms with Gasteiger partial charge in [-0.3, -0.25) is 4.90 Å². The Morgan fingerprint density at radius 1 is 1.23 bits per heavy atom. The number of hydrogen-bond donors (Lipinski definition) is 0. The normalized spacial score (nSPS) is 16.5. The molecule has 1 atom stereocenters. The number of benzene rings is 1. The zero-order valence-electron chi connectivity index (χ0n) is 18.4. The maximum Gasteiger partial charge on any atom is 0.176 e. The molecular formula is C24H30N6. The second-order valence-corrected chi connectivity index (χ2v) is 8.32. The topological polar surface area (TPSA) is 60.5 Å². The minimum atomic E-state index is 0.297. The van der Waals surface area contributed by atoms with Crippen LogP contribution in [0.3, 0.4) is 0 Å². The van der Waals surface area contributed by atoms with Crippen molar-refractivity contribution in [3.8, 4) is 17.2 Å². The second kappa shape index (κ2) is 8.45. The number of aryl methyl sites for hydroxylation is 1. The SMILES string of the molecule is CCCCc1nc2c(C#N)c(C)c(-c3ccccc3)c(N3CCCC3N(C)C)n2n1. The van der Waals surface area contributed by atoms with E-state index in [4.69, 9.17) is 10.1 Å². The first-order valence-electron chi connectivity index (χ1n) is 10.9. The van der Waals surface area contributed by atoms with Crippen LogP contribution >= 0.6 is 0 Å². The fourth-order valence-electron chi connectivity index (χ4n) is 4.55. The van der Waals surface area contributed by atoms with Crippen molar-refractivity contribution in [2.45, 2.75) is 52.1 Å². The fourth-order valence-corrected chi connectivity index (χ4v) is 4.55. The number of unbranched alkanes of at least 4 members (excludes halogenated alkanes) is 1. The third-order valence-corrected chi connectivity index (χ3v) is 6.07. The van der Waals surface area contributed by atoms with Crippen molar-refractivity contribution in [2.75, 3.05) is 25.5 Å². The third kappa shape index (κ3) is 3.44. The molecular weight excluding hydrogens is 372 g/mol. The summed E-state index contributed by atoms with van der Waals surface area (Å²) in [6.07, 6.45) is 5.51. The molecule has 1 fully saturated rings. The highest BCUT2D eigenvalue weighted by molar-refractivity contribution is 5.85. The van der Waals surface area contributed by atoms with Gasteiger partial charge in [-0.15, -0.1) is 5.10 Å². The quantitative estimate of drug-likeness (QED) is 0.611. The zero-order valence-corrected chi connectivity index (χ0v) is 18.4. The van der Waals surface area contributed by atoms with Crippen molar-refractivity contribution in [3.05, 3.63) is 47.3 Å². The van der Waals surface area contributed by atoms with Crippen LogP contribution in [-0.4, -0.2) is 46.3 Å². The van der Waals surface area contributed by atoms with Gasteiger partial charge in [0.1, 0.15) is 17.5 Å². The molecule has 0 saturated carbocycles. The van der Waals surface area contributed by atoms with E-state index in [1.165, 1.54) is 0 Å². The van der Waals surface area contributed by atoms with E-state index in [9.17, 15) is 5.26 Å². The highest BCUT2D eigenvalue weighted by Crippen LogP contribution is 2.40. The highest BCUT2D eigenvalue weighted by Gasteiger charge is 2.33. The molecule has 4 rings (SSSR count). The van der Waals surface area contributed by atoms with Crippen LogP contribution in [0.2, 0.25) is 0 Å². The van der Waals surface area contributed by atoms with Gasteiger partial charge >= 0.3 is 0 Å². The summed E-state index contributed by atoms with van der Waals surface area (Å²) in [5.74, 6) is 1.87. The lowest BCUT2D eigenvalue weighted by molar-refractivity contribution is 0.299. The number of nitriles is 1. The summed E-state index contributed by atoms with van der Waals surface area (Å²) < 4.78 is 1.95. The number of aromatic nitrogens is 3. The number of rotatable bonds is 6. The van der Waals surface area contributed by atoms with E-state index < -0.39 is 0 Å². The molecule has 1 aliphatic rings. The molecule has 1 aromatic carbocycles. The van der Waals surface area contributed by atoms with Crippen LogP contribution in [0.5, 0.6) is 0 Å². The van der Waals surface area contributed by atoms with Crippen molar-refractivity contribution in [1.82, 2.24) is 19.5 Å². The summed E-state index contributed by atoms with van der Waals surface area (Å²) in [6, 6.07) is 12.8. The standard InChI is InChI=1S/C24H30N6/c1-5-6-13-20-26-23-19(16-25)17(2)22(18-11-8-7-9-12-18)24(30(23)27-20)29-15-10-14-21(29)28(3)4/h7-9,11-12,21H,5-6,10,13-15H2,1-4H3. The minimum Gasteiger partial charge on any atom is -0.340 e. The predicted molar refractivity (Wildman–Crippen MR) is 121 cm³/mol. The van der Waals surface area contributed by atoms with E-state index in [1.54, 1.807) is 0 Å². The molecule has 0 N–H and O–H groups in total. The Bertz CT molecular complexity index is 1080. The smallest absolute Gasteiger partial charge is 0.176 e. The molecule has 0 aliphatic carbocycles. The molecule has 0 spiro atoms. The van der Waals surface area contributed by atoms with Crippen molar-refractivity contribution >= 4 is 11.5 Å². The van der Waals surface area contributed by atoms with E-state index >= 15 is 0 Å². The Morgan fingerprint density at radius 3 is 2.67 bits per heavy atom. The molecule has 2 aromatic heterocycles. The number of fused-ring (bicyclic) bond motifs is 1. The Kier molecular flexibility index (Phi) is 5.74. The van der Waals surface area contributed by atoms with Gasteiger partial charge in [0.25, 0.3) is 0 Å². The van der Waals surface area contributed by atoms with Gasteiger partial charge in [0.05, 0.1) is 6.17 Å². The lowest BCUT2D eigenvalue weighted by Gasteiger charge is -2.33. The van der Waals surface area contributed by atoms with Gasteiger partial charge in [0.15, 0.2) is 11.5 Å². The molecule has 1 aliphatic heterocycles. The van der Waals surface area contributed by atoms with Crippen LogP contribution in [0.1, 0.15) is 49.6 Å². The van der Waals surface area contributed by atoms with Crippen molar-refractivity contribution in [1.29, 1.82) is 5.26 Å². The van der Waals surface area contributed by atoms with E-state index in [0.717, 1.165) is 67.0 Å². The first-order valence-corrected chi connectivity index (χ1v) is 10.9. The average Bonchev–Trinajstić information content (AvgIpc) is 3.39. The molecule has 0 bridgehead atoms. The van der Waals surface area contributed by atoms with Gasteiger partial charge < -0.3 is 4.90 Å². The minimum absolute atomic E-state index is 0.297. The monoisotopic (exact) mass is 402 g/mol. The Labute approximate surface area is 178 Å². The molecule has 1 unspecified atom stereocenters. The lowest BCUT2D eigenvalue weighted by Crippen LogP contribution is -2.41. The van der Waals surface area contributed by atoms with Gasteiger partial charge in [-0.2, -0.15) is 9.78 Å². The Hall–Kier alpha value is -2.91. The molecule has 6 nitrogen and oxygen atoms in total. The third-order valence-electron chi connectivity index (χ3n) is 6.07. The van der Waals surface area contributed by atoms with Crippen LogP contribution < -0.4 is 4.90 Å². The fraction of sp³-hybridized carbons (Fsp3) is 0.458. The summed E-state index contributed by atoms with van der Waals surface area (Å²) in [4.78, 5) is 9.53. The predicted octanol–water partition coefficient (Wildman–Crippen LogP) is 4.41. The van der Waals surface area contributed by atoms with E-state index in [2.05, 4.69) is 61.2 Å². The van der Waals surface area contributed by atoms with Crippen LogP contribution in [0, 0.1) is 18.3 Å². The first-order chi connectivity index (χ1) is 14.6. The molecule has 156 valence electrons. The highest BCUT2D eigenvalue weighted by atomic mass is 15.4. The second-order valence-electron chi connectivity index (χ2n) is 8.32. The van der Waals surface area contributed by atoms with Gasteiger partial charge in [0.2, 0.25) is 0 Å². The maximum atomic E-state index is 10.0. The number of hydrogen-bond acceptors (Lipinski definition) is 5. The molecule has 0 radical (unpaired) electrons. The molecule has 1 saturated heterocycles. The van der Waals surface area contributed by atoms with Crippen molar-refractivity contribution in [3.63, 3.8) is 0 Å². The van der Waals surface area contributed by atoms with Gasteiger partial charge in [0, 0.05) is 18.5 Å². The molecule has 3 heterocycles. The number of pyridine rings is 1. The average molecular weight is 403 g/mol. The lowest BCUT2D eigenvalue weighted by atomic mass is 9.97. The summed E-state index contributed by atoms with van der Waals surface area (Å²) in [5.41, 5.74) is 4.47. The van der Waals surface area contributed by atoms with Gasteiger partial charge in [-0.05, 0) is 51.4 Å². The zero-order chi connectivity index (χ0) is 21.3. The number of nitrogens with zero attached hydrogens (tertiary/aromatic N) is 6.